The molecule has 0 unspecified atom stereocenters. The first kappa shape index (κ1) is 42.2. The quantitative estimate of drug-likeness (QED) is 0.121. The van der Waals surface area contributed by atoms with E-state index in [-0.39, 0.29) is 6.71 Å². The van der Waals surface area contributed by atoms with E-state index >= 15 is 4.32 Å². The van der Waals surface area contributed by atoms with Crippen molar-refractivity contribution < 1.29 is 4.32 Å². The zero-order valence-corrected chi connectivity index (χ0v) is 38.5. The van der Waals surface area contributed by atoms with Gasteiger partial charge in [0.15, 0.2) is 0 Å². The summed E-state index contributed by atoms with van der Waals surface area (Å²) in [6, 6.07) is 35.2. The van der Waals surface area contributed by atoms with Crippen LogP contribution in [0, 0.1) is 83.1 Å². The molecule has 5 heteroatoms. The summed E-state index contributed by atoms with van der Waals surface area (Å²) in [5.41, 5.74) is 21.1. The smallest absolute Gasteiger partial charge is 0.255 e. The van der Waals surface area contributed by atoms with Crippen molar-refractivity contribution in [2.75, 3.05) is 0 Å². The number of aryl methyl sites for hydroxylation is 12. The van der Waals surface area contributed by atoms with Crippen LogP contribution in [0.4, 0.5) is 4.32 Å². The Kier molecular flexibility index (Phi) is 12.1. The predicted octanol–water partition coefficient (Wildman–Crippen LogP) is 11.3. The zero-order chi connectivity index (χ0) is 42.3. The van der Waals surface area contributed by atoms with E-state index in [1.807, 2.05) is 17.4 Å². The van der Waals surface area contributed by atoms with Crippen molar-refractivity contribution in [1.29, 1.82) is 0 Å². The minimum absolute atomic E-state index is 0.183. The van der Waals surface area contributed by atoms with Gasteiger partial charge in [0, 0.05) is 9.75 Å². The summed E-state index contributed by atoms with van der Waals surface area (Å²) in [4.78, 5) is 2.28. The lowest BCUT2D eigenvalue weighted by molar-refractivity contribution is 0.840. The van der Waals surface area contributed by atoms with Gasteiger partial charge in [0.2, 0.25) is 6.42 Å². The average Bonchev–Trinajstić information content (AvgIpc) is 3.82. The maximum Gasteiger partial charge on any atom is 0.255 e. The van der Waals surface area contributed by atoms with Crippen LogP contribution in [0.15, 0.2) is 97.1 Å². The molecule has 0 N–H and O–H groups in total. The second-order valence-corrected chi connectivity index (χ2v) is 19.6. The molecule has 0 aliphatic rings. The van der Waals surface area contributed by atoms with Crippen LogP contribution in [0.3, 0.4) is 0 Å². The number of halogens is 1. The van der Waals surface area contributed by atoms with Crippen molar-refractivity contribution in [3.8, 4) is 0 Å². The van der Waals surface area contributed by atoms with Crippen LogP contribution in [0.5, 0.6) is 0 Å². The molecule has 0 fully saturated rings. The van der Waals surface area contributed by atoms with Crippen LogP contribution < -0.4 is 31.4 Å². The fourth-order valence-corrected chi connectivity index (χ4v) is 12.3. The van der Waals surface area contributed by atoms with Crippen LogP contribution in [-0.4, -0.2) is 13.1 Å². The van der Waals surface area contributed by atoms with E-state index in [1.165, 1.54) is 54.0 Å². The van der Waals surface area contributed by atoms with E-state index in [0.717, 1.165) is 65.1 Å². The van der Waals surface area contributed by atoms with Gasteiger partial charge >= 0.3 is 0 Å². The second-order valence-electron chi connectivity index (χ2n) is 17.3. The molecule has 7 aromatic rings. The van der Waals surface area contributed by atoms with E-state index in [4.69, 9.17) is 0 Å². The summed E-state index contributed by atoms with van der Waals surface area (Å²) >= 11 is 3.45. The van der Waals surface area contributed by atoms with E-state index in [2.05, 4.69) is 198 Å². The number of benzene rings is 5. The van der Waals surface area contributed by atoms with Gasteiger partial charge in [-0.3, -0.25) is 0 Å². The van der Waals surface area contributed by atoms with Crippen LogP contribution in [0.25, 0.3) is 24.3 Å². The van der Waals surface area contributed by atoms with Crippen LogP contribution in [0.1, 0.15) is 87.6 Å². The van der Waals surface area contributed by atoms with Crippen molar-refractivity contribution in [3.05, 3.63) is 185 Å². The predicted molar refractivity (Wildman–Crippen MR) is 266 cm³/mol. The molecule has 0 spiro atoms. The van der Waals surface area contributed by atoms with Gasteiger partial charge in [-0.1, -0.05) is 175 Å². The van der Waals surface area contributed by atoms with Crippen LogP contribution in [0.2, 0.25) is 0 Å². The van der Waals surface area contributed by atoms with Gasteiger partial charge in [0.05, 0.1) is 0 Å². The molecule has 0 bridgehead atoms. The molecule has 0 aliphatic carbocycles. The monoisotopic (exact) mass is 809 g/mol. The Labute approximate surface area is 361 Å². The van der Waals surface area contributed by atoms with Crippen molar-refractivity contribution >= 4 is 91.5 Å². The first-order valence-corrected chi connectivity index (χ1v) is 22.5. The molecule has 0 radical (unpaired) electrons. The molecule has 0 saturated carbocycles. The minimum Gasteiger partial charge on any atom is -0.497 e. The number of hydrogen-bond donors (Lipinski definition) is 0. The molecule has 59 heavy (non-hydrogen) atoms. The highest BCUT2D eigenvalue weighted by atomic mass is 32.1. The first-order chi connectivity index (χ1) is 28.0. The van der Waals surface area contributed by atoms with Crippen molar-refractivity contribution in [3.63, 3.8) is 0 Å². The molecule has 0 aliphatic heterocycles. The molecule has 0 nitrogen and oxygen atoms in total. The van der Waals surface area contributed by atoms with E-state index in [0.29, 0.717) is 0 Å². The third-order valence-electron chi connectivity index (χ3n) is 12.1. The van der Waals surface area contributed by atoms with Gasteiger partial charge in [-0.05, 0) is 123 Å². The molecule has 0 amide bonds. The lowest BCUT2D eigenvalue weighted by atomic mass is 9.31. The average molecular weight is 810 g/mol. The fourth-order valence-electron chi connectivity index (χ4n) is 10.1. The van der Waals surface area contributed by atoms with Gasteiger partial charge in [0.1, 0.15) is 0 Å². The molecule has 7 rings (SSSR count). The minimum atomic E-state index is -2.69. The fraction of sp³-hybridized carbons (Fsp3) is 0.222. The zero-order valence-electron chi connectivity index (χ0n) is 36.9. The molecular formula is C54H56B2FS2-. The van der Waals surface area contributed by atoms with Crippen LogP contribution in [-0.2, 0) is 0 Å². The molecule has 2 aromatic heterocycles. The topological polar surface area (TPSA) is 0 Å². The Morgan fingerprint density at radius 1 is 0.407 bits per heavy atom. The van der Waals surface area contributed by atoms with Gasteiger partial charge in [0.25, 0.3) is 6.71 Å². The molecule has 0 atom stereocenters. The normalized spacial score (nSPS) is 12.0. The lowest BCUT2D eigenvalue weighted by Crippen LogP contribution is -2.66. The van der Waals surface area contributed by atoms with Crippen LogP contribution >= 0.6 is 22.7 Å². The van der Waals surface area contributed by atoms with Gasteiger partial charge < -0.3 is 4.32 Å². The molecule has 5 aromatic carbocycles. The maximum absolute atomic E-state index is 18.4. The Morgan fingerprint density at radius 3 is 1.14 bits per heavy atom. The first-order valence-electron chi connectivity index (χ1n) is 20.8. The van der Waals surface area contributed by atoms with Gasteiger partial charge in [-0.2, -0.15) is 22.3 Å². The summed E-state index contributed by atoms with van der Waals surface area (Å²) in [6.07, 6.45) is 6.02. The molecular weight excluding hydrogens is 753 g/mol. The van der Waals surface area contributed by atoms with Gasteiger partial charge in [-0.25, -0.2) is 0 Å². The highest BCUT2D eigenvalue weighted by Crippen LogP contribution is 2.25. The lowest BCUT2D eigenvalue weighted by Gasteiger charge is -2.39. The number of hydrogen-bond acceptors (Lipinski definition) is 2. The Hall–Kier alpha value is -4.96. The third kappa shape index (κ3) is 8.56. The summed E-state index contributed by atoms with van der Waals surface area (Å²) in [7, 11) is 0. The Balaban J connectivity index is 1.14. The maximum atomic E-state index is 18.4. The summed E-state index contributed by atoms with van der Waals surface area (Å²) in [5, 5.41) is 0. The SMILES string of the molecule is Cc1cc(C)c(B(c2ccc(/C=C/c3ccc(/C=C/c4ccc([B-](F)(c5c(C)cc(C)cc5C)c5c(C)cc(C)cc5C)s4)cc3)s2)c2c(C)cc(C)cc2C)c(C)c1. The highest BCUT2D eigenvalue weighted by Gasteiger charge is 2.36. The summed E-state index contributed by atoms with van der Waals surface area (Å²) in [5.74, 6) is 0. The van der Waals surface area contributed by atoms with Gasteiger partial charge in [-0.15, -0.1) is 16.1 Å². The van der Waals surface area contributed by atoms with Crippen molar-refractivity contribution in [1.82, 2.24) is 0 Å². The number of rotatable bonds is 10. The van der Waals surface area contributed by atoms with E-state index < -0.39 is 6.42 Å². The standard InChI is InChI=1S/C54H56B2FS2/c1-33-25-37(5)51(38(6)26-33)55(52-39(7)27-34(2)28-40(52)8)49-23-21-47(58-49)19-17-45-13-15-46(16-14-45)18-20-48-22-24-50(59-48)56(57,53-41(9)29-35(3)30-42(53)10)54-43(11)31-36(4)32-44(54)12/h13-32H,1-12H3/q-1/b19-17+,20-18+. The largest absolute Gasteiger partial charge is 0.497 e. The van der Waals surface area contributed by atoms with Crippen molar-refractivity contribution in [2.24, 2.45) is 0 Å². The summed E-state index contributed by atoms with van der Waals surface area (Å²) in [6.45, 7) is 26.1. The second kappa shape index (κ2) is 17.0. The molecule has 0 saturated heterocycles. The Morgan fingerprint density at radius 2 is 0.746 bits per heavy atom. The Bertz CT molecular complexity index is 2550. The molecule has 298 valence electrons. The number of thiophene rings is 2. The highest BCUT2D eigenvalue weighted by molar-refractivity contribution is 7.31. The van der Waals surface area contributed by atoms with E-state index in [1.54, 1.807) is 11.3 Å². The van der Waals surface area contributed by atoms with E-state index in [9.17, 15) is 0 Å². The summed E-state index contributed by atoms with van der Waals surface area (Å²) < 4.78 is 20.6. The van der Waals surface area contributed by atoms with Crippen molar-refractivity contribution in [2.45, 2.75) is 83.1 Å². The third-order valence-corrected chi connectivity index (χ3v) is 14.4. The molecule has 2 heterocycles.